The first-order chi connectivity index (χ1) is 7.79. The number of benzene rings is 1. The van der Waals surface area contributed by atoms with Crippen LogP contribution in [-0.4, -0.2) is 27.0 Å². The Balaban J connectivity index is 1.88. The molecular formula is C13H16O2Se. The normalized spacial score (nSPS) is 24.4. The molecule has 0 aromatic heterocycles. The van der Waals surface area contributed by atoms with E-state index in [0.717, 1.165) is 11.7 Å². The number of rotatable bonds is 4. The second kappa shape index (κ2) is 5.51. The van der Waals surface area contributed by atoms with Crippen molar-refractivity contribution in [2.24, 2.45) is 0 Å². The van der Waals surface area contributed by atoms with Crippen LogP contribution in [0, 0.1) is 0 Å². The van der Waals surface area contributed by atoms with E-state index in [2.05, 4.69) is 31.2 Å². The van der Waals surface area contributed by atoms with E-state index < -0.39 is 0 Å². The molecule has 16 heavy (non-hydrogen) atoms. The molecule has 2 rings (SSSR count). The molecule has 2 nitrogen and oxygen atoms in total. The fraction of sp³-hybridized carbons (Fsp3) is 0.462. The minimum absolute atomic E-state index is 0.00760. The molecule has 0 spiro atoms. The first-order valence-electron chi connectivity index (χ1n) is 5.64. The van der Waals surface area contributed by atoms with Gasteiger partial charge >= 0.3 is 102 Å². The van der Waals surface area contributed by atoms with Gasteiger partial charge in [-0.25, -0.2) is 0 Å². The zero-order valence-corrected chi connectivity index (χ0v) is 11.1. The average Bonchev–Trinajstić information content (AvgIpc) is 2.68. The summed E-state index contributed by atoms with van der Waals surface area (Å²) in [5.41, 5.74) is 1.37. The van der Waals surface area contributed by atoms with Crippen molar-refractivity contribution in [1.29, 1.82) is 0 Å². The van der Waals surface area contributed by atoms with Crippen LogP contribution in [0.1, 0.15) is 25.3 Å². The van der Waals surface area contributed by atoms with Gasteiger partial charge < -0.3 is 0 Å². The Hall–Kier alpha value is -0.791. The van der Waals surface area contributed by atoms with E-state index in [1.165, 1.54) is 5.56 Å². The van der Waals surface area contributed by atoms with E-state index in [9.17, 15) is 4.79 Å². The van der Waals surface area contributed by atoms with E-state index in [1.54, 1.807) is 0 Å². The molecule has 0 N–H and O–H groups in total. The SMILES string of the molecule is CCC1OC(=O)CC1[Se]Cc1ccccc1. The number of esters is 1. The Kier molecular flexibility index (Phi) is 4.03. The molecule has 1 aliphatic rings. The fourth-order valence-corrected chi connectivity index (χ4v) is 4.64. The topological polar surface area (TPSA) is 26.3 Å². The van der Waals surface area contributed by atoms with Gasteiger partial charge in [-0.3, -0.25) is 0 Å². The van der Waals surface area contributed by atoms with Gasteiger partial charge in [-0.2, -0.15) is 0 Å². The van der Waals surface area contributed by atoms with E-state index in [4.69, 9.17) is 4.74 Å². The average molecular weight is 283 g/mol. The van der Waals surface area contributed by atoms with Crippen molar-refractivity contribution in [1.82, 2.24) is 0 Å². The molecule has 1 fully saturated rings. The fourth-order valence-electron chi connectivity index (χ4n) is 1.88. The van der Waals surface area contributed by atoms with Gasteiger partial charge in [-0.05, 0) is 0 Å². The number of ether oxygens (including phenoxy) is 1. The molecule has 0 saturated carbocycles. The number of carbonyl (C=O) groups is 1. The Morgan fingerprint density at radius 1 is 1.38 bits per heavy atom. The van der Waals surface area contributed by atoms with Gasteiger partial charge in [0.05, 0.1) is 0 Å². The van der Waals surface area contributed by atoms with E-state index in [1.807, 2.05) is 6.07 Å². The van der Waals surface area contributed by atoms with Crippen LogP contribution in [0.25, 0.3) is 0 Å². The summed E-state index contributed by atoms with van der Waals surface area (Å²) in [6, 6.07) is 10.5. The molecule has 1 aliphatic heterocycles. The van der Waals surface area contributed by atoms with Gasteiger partial charge in [0.25, 0.3) is 0 Å². The second-order valence-electron chi connectivity index (χ2n) is 3.98. The van der Waals surface area contributed by atoms with Crippen molar-refractivity contribution in [3.63, 3.8) is 0 Å². The summed E-state index contributed by atoms with van der Waals surface area (Å²) in [5.74, 6) is -0.00760. The number of carbonyl (C=O) groups excluding carboxylic acids is 1. The Labute approximate surface area is 103 Å². The minimum atomic E-state index is -0.00760. The third-order valence-corrected chi connectivity index (χ3v) is 5.71. The molecule has 86 valence electrons. The maximum atomic E-state index is 11.2. The van der Waals surface area contributed by atoms with Crippen LogP contribution in [0.5, 0.6) is 0 Å². The summed E-state index contributed by atoms with van der Waals surface area (Å²) in [4.78, 5) is 11.7. The summed E-state index contributed by atoms with van der Waals surface area (Å²) in [7, 11) is 0. The monoisotopic (exact) mass is 284 g/mol. The molecule has 1 heterocycles. The van der Waals surface area contributed by atoms with E-state index in [0.29, 0.717) is 26.2 Å². The molecule has 0 radical (unpaired) electrons. The van der Waals surface area contributed by atoms with Crippen LogP contribution < -0.4 is 0 Å². The summed E-state index contributed by atoms with van der Waals surface area (Å²) in [6.07, 6.45) is 1.76. The number of hydrogen-bond acceptors (Lipinski definition) is 2. The summed E-state index contributed by atoms with van der Waals surface area (Å²) in [6.45, 7) is 2.09. The zero-order chi connectivity index (χ0) is 11.4. The Bertz CT molecular complexity index is 350. The van der Waals surface area contributed by atoms with Crippen molar-refractivity contribution in [3.8, 4) is 0 Å². The molecule has 0 bridgehead atoms. The predicted molar refractivity (Wildman–Crippen MR) is 64.4 cm³/mol. The van der Waals surface area contributed by atoms with Crippen LogP contribution in [0.4, 0.5) is 0 Å². The Morgan fingerprint density at radius 2 is 2.12 bits per heavy atom. The molecule has 1 aromatic carbocycles. The molecule has 0 amide bonds. The quantitative estimate of drug-likeness (QED) is 0.626. The molecule has 0 aliphatic carbocycles. The molecule has 3 heteroatoms. The van der Waals surface area contributed by atoms with Gasteiger partial charge in [0, 0.05) is 0 Å². The first-order valence-corrected chi connectivity index (χ1v) is 7.84. The molecule has 1 aromatic rings. The van der Waals surface area contributed by atoms with Crippen molar-refractivity contribution in [3.05, 3.63) is 35.9 Å². The standard InChI is InChI=1S/C13H16O2Se/c1-2-11-12(8-13(14)15-11)16-9-10-6-4-3-5-7-10/h3-7,11-12H,2,8-9H2,1H3. The van der Waals surface area contributed by atoms with Gasteiger partial charge in [0.1, 0.15) is 0 Å². The molecule has 2 atom stereocenters. The summed E-state index contributed by atoms with van der Waals surface area (Å²) < 4.78 is 5.29. The van der Waals surface area contributed by atoms with Crippen molar-refractivity contribution >= 4 is 20.9 Å². The van der Waals surface area contributed by atoms with Gasteiger partial charge in [-0.1, -0.05) is 0 Å². The molecule has 1 saturated heterocycles. The van der Waals surface area contributed by atoms with Crippen LogP contribution >= 0.6 is 0 Å². The van der Waals surface area contributed by atoms with Crippen molar-refractivity contribution in [2.75, 3.05) is 0 Å². The van der Waals surface area contributed by atoms with Gasteiger partial charge in [0.15, 0.2) is 0 Å². The third kappa shape index (κ3) is 2.87. The second-order valence-corrected chi connectivity index (χ2v) is 6.55. The summed E-state index contributed by atoms with van der Waals surface area (Å²) >= 11 is 0.466. The van der Waals surface area contributed by atoms with Gasteiger partial charge in [0.2, 0.25) is 0 Å². The third-order valence-electron chi connectivity index (χ3n) is 2.77. The van der Waals surface area contributed by atoms with Crippen LogP contribution in [0.15, 0.2) is 30.3 Å². The number of cyclic esters (lactones) is 1. The maximum absolute atomic E-state index is 11.2. The zero-order valence-electron chi connectivity index (χ0n) is 9.39. The molecular weight excluding hydrogens is 267 g/mol. The van der Waals surface area contributed by atoms with E-state index in [-0.39, 0.29) is 12.1 Å². The predicted octanol–water partition coefficient (Wildman–Crippen LogP) is 2.40. The van der Waals surface area contributed by atoms with Crippen molar-refractivity contribution in [2.45, 2.75) is 36.0 Å². The van der Waals surface area contributed by atoms with E-state index >= 15 is 0 Å². The van der Waals surface area contributed by atoms with Crippen LogP contribution in [0.3, 0.4) is 0 Å². The van der Waals surface area contributed by atoms with Crippen LogP contribution in [-0.2, 0) is 14.9 Å². The molecule has 2 unspecified atom stereocenters. The summed E-state index contributed by atoms with van der Waals surface area (Å²) in [5, 5.41) is 1.10. The van der Waals surface area contributed by atoms with Crippen LogP contribution in [0.2, 0.25) is 4.82 Å². The first kappa shape index (κ1) is 11.7. The van der Waals surface area contributed by atoms with Crippen molar-refractivity contribution < 1.29 is 9.53 Å². The number of hydrogen-bond donors (Lipinski definition) is 0. The van der Waals surface area contributed by atoms with Gasteiger partial charge in [-0.15, -0.1) is 0 Å². The Morgan fingerprint density at radius 3 is 2.81 bits per heavy atom.